The summed E-state index contributed by atoms with van der Waals surface area (Å²) in [5.41, 5.74) is 7.06. The van der Waals surface area contributed by atoms with Crippen molar-refractivity contribution in [2.75, 3.05) is 24.6 Å². The molecule has 0 radical (unpaired) electrons. The van der Waals surface area contributed by atoms with Crippen LogP contribution in [0.1, 0.15) is 19.3 Å². The standard InChI is InChI=1S/C13H19N3O/c1-16(9-10-4-2-5-10)13(17)15-12-7-3-6-11(14)8-12/h3,6-8,10H,2,4-5,9,14H2,1H3,(H,15,17). The summed E-state index contributed by atoms with van der Waals surface area (Å²) in [4.78, 5) is 13.6. The van der Waals surface area contributed by atoms with Crippen LogP contribution in [0.4, 0.5) is 16.2 Å². The van der Waals surface area contributed by atoms with E-state index < -0.39 is 0 Å². The van der Waals surface area contributed by atoms with Gasteiger partial charge in [-0.2, -0.15) is 0 Å². The minimum absolute atomic E-state index is 0.0671. The normalized spacial score (nSPS) is 15.1. The monoisotopic (exact) mass is 233 g/mol. The van der Waals surface area contributed by atoms with Gasteiger partial charge in [0.15, 0.2) is 0 Å². The molecule has 0 heterocycles. The number of carbonyl (C=O) groups excluding carboxylic acids is 1. The smallest absolute Gasteiger partial charge is 0.321 e. The first-order valence-electron chi connectivity index (χ1n) is 6.03. The van der Waals surface area contributed by atoms with Crippen molar-refractivity contribution < 1.29 is 4.79 Å². The first kappa shape index (κ1) is 11.8. The molecule has 92 valence electrons. The molecule has 1 fully saturated rings. The maximum Gasteiger partial charge on any atom is 0.321 e. The van der Waals surface area contributed by atoms with Gasteiger partial charge in [-0.05, 0) is 37.0 Å². The molecule has 3 N–H and O–H groups in total. The minimum atomic E-state index is -0.0671. The molecule has 17 heavy (non-hydrogen) atoms. The Morgan fingerprint density at radius 2 is 2.29 bits per heavy atom. The van der Waals surface area contributed by atoms with Gasteiger partial charge in [-0.1, -0.05) is 12.5 Å². The van der Waals surface area contributed by atoms with Gasteiger partial charge in [0.2, 0.25) is 0 Å². The minimum Gasteiger partial charge on any atom is -0.399 e. The van der Waals surface area contributed by atoms with Crippen LogP contribution in [0.2, 0.25) is 0 Å². The fourth-order valence-corrected chi connectivity index (χ4v) is 1.98. The molecule has 4 heteroatoms. The predicted octanol–water partition coefficient (Wildman–Crippen LogP) is 2.53. The van der Waals surface area contributed by atoms with Crippen LogP contribution in [0, 0.1) is 5.92 Å². The number of rotatable bonds is 3. The lowest BCUT2D eigenvalue weighted by Crippen LogP contribution is -2.37. The molecule has 4 nitrogen and oxygen atoms in total. The van der Waals surface area contributed by atoms with Crippen molar-refractivity contribution in [3.63, 3.8) is 0 Å². The van der Waals surface area contributed by atoms with Crippen molar-refractivity contribution in [3.8, 4) is 0 Å². The van der Waals surface area contributed by atoms with Gasteiger partial charge in [-0.25, -0.2) is 4.79 Å². The highest BCUT2D eigenvalue weighted by molar-refractivity contribution is 5.89. The Kier molecular flexibility index (Phi) is 3.52. The number of nitrogens with two attached hydrogens (primary N) is 1. The largest absolute Gasteiger partial charge is 0.399 e. The molecular weight excluding hydrogens is 214 g/mol. The van der Waals surface area contributed by atoms with Crippen LogP contribution in [0.3, 0.4) is 0 Å². The maximum absolute atomic E-state index is 11.9. The molecule has 0 saturated heterocycles. The van der Waals surface area contributed by atoms with Crippen molar-refractivity contribution >= 4 is 17.4 Å². The molecule has 2 rings (SSSR count). The van der Waals surface area contributed by atoms with Gasteiger partial charge < -0.3 is 16.0 Å². The van der Waals surface area contributed by atoms with E-state index in [0.29, 0.717) is 11.6 Å². The molecule has 0 spiro atoms. The zero-order chi connectivity index (χ0) is 12.3. The second kappa shape index (κ2) is 5.08. The number of urea groups is 1. The highest BCUT2D eigenvalue weighted by atomic mass is 16.2. The number of anilines is 2. The molecule has 2 amide bonds. The van der Waals surface area contributed by atoms with E-state index in [-0.39, 0.29) is 6.03 Å². The molecule has 0 aliphatic heterocycles. The molecule has 0 unspecified atom stereocenters. The Hall–Kier alpha value is -1.71. The first-order chi connectivity index (χ1) is 8.15. The van der Waals surface area contributed by atoms with E-state index in [4.69, 9.17) is 5.73 Å². The Balaban J connectivity index is 1.87. The van der Waals surface area contributed by atoms with E-state index >= 15 is 0 Å². The summed E-state index contributed by atoms with van der Waals surface area (Å²) in [6.07, 6.45) is 3.79. The van der Waals surface area contributed by atoms with Crippen molar-refractivity contribution in [1.82, 2.24) is 4.90 Å². The third kappa shape index (κ3) is 3.12. The van der Waals surface area contributed by atoms with Crippen molar-refractivity contribution in [2.24, 2.45) is 5.92 Å². The van der Waals surface area contributed by atoms with Crippen LogP contribution in [0.15, 0.2) is 24.3 Å². The lowest BCUT2D eigenvalue weighted by Gasteiger charge is -2.30. The van der Waals surface area contributed by atoms with Gasteiger partial charge in [0.25, 0.3) is 0 Å². The van der Waals surface area contributed by atoms with Gasteiger partial charge >= 0.3 is 6.03 Å². The molecule has 1 aliphatic carbocycles. The lowest BCUT2D eigenvalue weighted by atomic mass is 9.85. The predicted molar refractivity (Wildman–Crippen MR) is 69.8 cm³/mol. The molecule has 1 aliphatic rings. The van der Waals surface area contributed by atoms with Crippen LogP contribution >= 0.6 is 0 Å². The van der Waals surface area contributed by atoms with E-state index in [2.05, 4.69) is 5.32 Å². The van der Waals surface area contributed by atoms with E-state index in [1.165, 1.54) is 19.3 Å². The topological polar surface area (TPSA) is 58.4 Å². The summed E-state index contributed by atoms with van der Waals surface area (Å²) in [7, 11) is 1.83. The lowest BCUT2D eigenvalue weighted by molar-refractivity contribution is 0.194. The van der Waals surface area contributed by atoms with Gasteiger partial charge in [0, 0.05) is 25.0 Å². The summed E-state index contributed by atoms with van der Waals surface area (Å²) in [6.45, 7) is 0.841. The highest BCUT2D eigenvalue weighted by Crippen LogP contribution is 2.26. The Bertz CT molecular complexity index is 401. The Morgan fingerprint density at radius 1 is 1.53 bits per heavy atom. The fraction of sp³-hybridized carbons (Fsp3) is 0.462. The molecule has 1 aromatic rings. The van der Waals surface area contributed by atoms with Crippen LogP contribution in [-0.2, 0) is 0 Å². The number of hydrogen-bond donors (Lipinski definition) is 2. The molecule has 1 aromatic carbocycles. The first-order valence-corrected chi connectivity index (χ1v) is 6.03. The van der Waals surface area contributed by atoms with E-state index in [1.54, 1.807) is 17.0 Å². The average molecular weight is 233 g/mol. The van der Waals surface area contributed by atoms with Crippen molar-refractivity contribution in [1.29, 1.82) is 0 Å². The van der Waals surface area contributed by atoms with E-state index in [9.17, 15) is 4.79 Å². The Labute approximate surface area is 102 Å². The number of benzene rings is 1. The number of hydrogen-bond acceptors (Lipinski definition) is 2. The summed E-state index contributed by atoms with van der Waals surface area (Å²) >= 11 is 0. The van der Waals surface area contributed by atoms with Gasteiger partial charge in [-0.15, -0.1) is 0 Å². The fourth-order valence-electron chi connectivity index (χ4n) is 1.98. The van der Waals surface area contributed by atoms with Crippen LogP contribution in [0.5, 0.6) is 0 Å². The maximum atomic E-state index is 11.9. The van der Waals surface area contributed by atoms with Gasteiger partial charge in [0.05, 0.1) is 0 Å². The van der Waals surface area contributed by atoms with Gasteiger partial charge in [-0.3, -0.25) is 0 Å². The third-order valence-corrected chi connectivity index (χ3v) is 3.24. The molecule has 0 bridgehead atoms. The summed E-state index contributed by atoms with van der Waals surface area (Å²) in [5, 5.41) is 2.84. The zero-order valence-corrected chi connectivity index (χ0v) is 10.1. The molecule has 1 saturated carbocycles. The molecular formula is C13H19N3O. The average Bonchev–Trinajstić information content (AvgIpc) is 2.23. The van der Waals surface area contributed by atoms with Crippen LogP contribution in [0.25, 0.3) is 0 Å². The van der Waals surface area contributed by atoms with E-state index in [0.717, 1.165) is 12.2 Å². The molecule has 0 atom stereocenters. The number of amides is 2. The number of nitrogen functional groups attached to an aromatic ring is 1. The van der Waals surface area contributed by atoms with Crippen LogP contribution < -0.4 is 11.1 Å². The SMILES string of the molecule is CN(CC1CCC1)C(=O)Nc1cccc(N)c1. The second-order valence-corrected chi connectivity index (χ2v) is 4.73. The highest BCUT2D eigenvalue weighted by Gasteiger charge is 2.21. The van der Waals surface area contributed by atoms with Crippen LogP contribution in [-0.4, -0.2) is 24.5 Å². The number of nitrogens with one attached hydrogen (secondary N) is 1. The summed E-state index contributed by atoms with van der Waals surface area (Å²) < 4.78 is 0. The quantitative estimate of drug-likeness (QED) is 0.788. The Morgan fingerprint density at radius 3 is 2.88 bits per heavy atom. The van der Waals surface area contributed by atoms with Gasteiger partial charge in [0.1, 0.15) is 0 Å². The zero-order valence-electron chi connectivity index (χ0n) is 10.1. The third-order valence-electron chi connectivity index (χ3n) is 3.24. The van der Waals surface area contributed by atoms with Crippen molar-refractivity contribution in [3.05, 3.63) is 24.3 Å². The van der Waals surface area contributed by atoms with E-state index in [1.807, 2.05) is 19.2 Å². The summed E-state index contributed by atoms with van der Waals surface area (Å²) in [5.74, 6) is 0.687. The second-order valence-electron chi connectivity index (χ2n) is 4.73. The summed E-state index contributed by atoms with van der Waals surface area (Å²) in [6, 6.07) is 7.16. The number of carbonyl (C=O) groups is 1. The number of nitrogens with zero attached hydrogens (tertiary/aromatic N) is 1. The molecule has 0 aromatic heterocycles. The van der Waals surface area contributed by atoms with Crippen molar-refractivity contribution in [2.45, 2.75) is 19.3 Å².